The first-order valence-electron chi connectivity index (χ1n) is 11.3. The maximum atomic E-state index is 12.9. The van der Waals surface area contributed by atoms with E-state index in [4.69, 9.17) is 18.8 Å². The standard InChI is InChI=1S/C22H27N3O14S3.Na/c1-12-8-14(16(36-3)10-19(12)41(30,31)32)23-22(27)21(13(2)26)25-24-15-9-18(38-5)20(11-17(15)37-4)40(28,29)7-6-39-42(33,34)35;/h8-11,21H,6-7H2,1-5H3,(H,23,27)(H,30,31,32)(H,33,34,35);/q;+1/p-1. The zero-order chi connectivity index (χ0) is 32.0. The first-order chi connectivity index (χ1) is 19.3. The minimum Gasteiger partial charge on any atom is -0.744 e. The molecule has 43 heavy (non-hydrogen) atoms. The molecule has 0 saturated heterocycles. The quantitative estimate of drug-likeness (QED) is 0.0970. The third-order valence-corrected chi connectivity index (χ3v) is 8.46. The van der Waals surface area contributed by atoms with Gasteiger partial charge >= 0.3 is 40.0 Å². The van der Waals surface area contributed by atoms with Gasteiger partial charge in [0.05, 0.1) is 44.3 Å². The Morgan fingerprint density at radius 1 is 0.930 bits per heavy atom. The molecule has 0 saturated carbocycles. The molecule has 0 heterocycles. The minimum absolute atomic E-state index is 0. The number of azo groups is 1. The molecule has 0 aliphatic carbocycles. The molecular formula is C22H26N3NaO14S3. The summed E-state index contributed by atoms with van der Waals surface area (Å²) in [6.07, 6.45) is 0. The molecule has 17 nitrogen and oxygen atoms in total. The van der Waals surface area contributed by atoms with E-state index in [1.165, 1.54) is 6.92 Å². The number of benzene rings is 2. The Bertz CT molecular complexity index is 1730. The van der Waals surface area contributed by atoms with Crippen molar-refractivity contribution in [3.63, 3.8) is 0 Å². The van der Waals surface area contributed by atoms with E-state index in [1.807, 2.05) is 0 Å². The van der Waals surface area contributed by atoms with Crippen LogP contribution in [-0.2, 0) is 44.1 Å². The topological polar surface area (TPSA) is 254 Å². The molecule has 1 amide bonds. The summed E-state index contributed by atoms with van der Waals surface area (Å²) < 4.78 is 109. The van der Waals surface area contributed by atoms with Crippen LogP contribution in [0.4, 0.5) is 11.4 Å². The van der Waals surface area contributed by atoms with Crippen LogP contribution in [0.15, 0.2) is 44.3 Å². The molecule has 1 atom stereocenters. The van der Waals surface area contributed by atoms with E-state index in [0.29, 0.717) is 0 Å². The molecule has 2 aromatic rings. The van der Waals surface area contributed by atoms with Crippen molar-refractivity contribution >= 4 is 53.4 Å². The molecular weight excluding hydrogens is 649 g/mol. The number of ether oxygens (including phenoxy) is 3. The summed E-state index contributed by atoms with van der Waals surface area (Å²) >= 11 is 0. The van der Waals surface area contributed by atoms with Gasteiger partial charge in [-0.25, -0.2) is 21.0 Å². The summed E-state index contributed by atoms with van der Waals surface area (Å²) in [4.78, 5) is 24.2. The number of hydrogen-bond acceptors (Lipinski definition) is 15. The van der Waals surface area contributed by atoms with Crippen LogP contribution in [0.5, 0.6) is 17.2 Å². The molecule has 0 aliphatic heterocycles. The fourth-order valence-electron chi connectivity index (χ4n) is 3.38. The largest absolute Gasteiger partial charge is 1.00 e. The molecule has 2 aromatic carbocycles. The molecule has 0 spiro atoms. The Hall–Kier alpha value is -2.69. The predicted octanol–water partition coefficient (Wildman–Crippen LogP) is -1.80. The van der Waals surface area contributed by atoms with Crippen molar-refractivity contribution in [1.82, 2.24) is 0 Å². The maximum Gasteiger partial charge on any atom is 1.00 e. The molecule has 0 radical (unpaired) electrons. The fourth-order valence-corrected chi connectivity index (χ4v) is 5.74. The third-order valence-electron chi connectivity index (χ3n) is 5.32. The van der Waals surface area contributed by atoms with E-state index in [1.54, 1.807) is 0 Å². The molecule has 0 aliphatic rings. The van der Waals surface area contributed by atoms with Crippen LogP contribution in [0.2, 0.25) is 0 Å². The first kappa shape index (κ1) is 38.3. The molecule has 21 heteroatoms. The van der Waals surface area contributed by atoms with E-state index < -0.39 is 70.2 Å². The van der Waals surface area contributed by atoms with Gasteiger partial charge in [-0.1, -0.05) is 0 Å². The zero-order valence-electron chi connectivity index (χ0n) is 23.7. The van der Waals surface area contributed by atoms with Crippen LogP contribution in [0, 0.1) is 6.92 Å². The number of sulfone groups is 1. The average Bonchev–Trinajstić information content (AvgIpc) is 2.86. The molecule has 0 fully saturated rings. The van der Waals surface area contributed by atoms with Gasteiger partial charge in [-0.3, -0.25) is 14.1 Å². The van der Waals surface area contributed by atoms with Crippen LogP contribution in [-0.4, -0.2) is 85.8 Å². The van der Waals surface area contributed by atoms with Crippen molar-refractivity contribution in [3.05, 3.63) is 29.8 Å². The van der Waals surface area contributed by atoms with Gasteiger partial charge in [0.1, 0.15) is 37.9 Å². The van der Waals surface area contributed by atoms with Crippen molar-refractivity contribution in [1.29, 1.82) is 0 Å². The Morgan fingerprint density at radius 3 is 1.98 bits per heavy atom. The van der Waals surface area contributed by atoms with Crippen molar-refractivity contribution in [2.45, 2.75) is 29.7 Å². The number of amides is 1. The van der Waals surface area contributed by atoms with Gasteiger partial charge in [-0.15, -0.1) is 0 Å². The van der Waals surface area contributed by atoms with Gasteiger partial charge in [0.25, 0.3) is 5.91 Å². The fraction of sp³-hybridized carbons (Fsp3) is 0.364. The number of nitrogens with one attached hydrogen (secondary N) is 1. The van der Waals surface area contributed by atoms with Gasteiger partial charge in [0.15, 0.2) is 15.6 Å². The van der Waals surface area contributed by atoms with Gasteiger partial charge in [-0.05, 0) is 25.5 Å². The number of ketones is 1. The van der Waals surface area contributed by atoms with Gasteiger partial charge in [-0.2, -0.15) is 18.6 Å². The Kier molecular flexibility index (Phi) is 13.7. The Labute approximate surface area is 269 Å². The molecule has 2 rings (SSSR count). The number of Topliss-reactive ketones (excluding diaryl/α,β-unsaturated/α-hetero) is 1. The van der Waals surface area contributed by atoms with Crippen molar-refractivity contribution in [2.75, 3.05) is 39.0 Å². The molecule has 1 unspecified atom stereocenters. The molecule has 2 N–H and O–H groups in total. The Morgan fingerprint density at radius 2 is 1.49 bits per heavy atom. The van der Waals surface area contributed by atoms with E-state index >= 15 is 0 Å². The molecule has 232 valence electrons. The van der Waals surface area contributed by atoms with E-state index in [9.17, 15) is 39.4 Å². The van der Waals surface area contributed by atoms with E-state index in [2.05, 4.69) is 19.7 Å². The number of hydrogen-bond donors (Lipinski definition) is 2. The Balaban J connectivity index is 0.00000924. The third kappa shape index (κ3) is 10.5. The minimum atomic E-state index is -4.88. The summed E-state index contributed by atoms with van der Waals surface area (Å²) in [5.41, 5.74) is -0.237. The summed E-state index contributed by atoms with van der Waals surface area (Å²) in [5.74, 6) is -3.31. The number of methoxy groups -OCH3 is 3. The second-order valence-corrected chi connectivity index (χ2v) is 12.8. The smallest absolute Gasteiger partial charge is 0.744 e. The second kappa shape index (κ2) is 15.3. The second-order valence-electron chi connectivity index (χ2n) is 8.23. The number of anilines is 1. The number of rotatable bonds is 14. The predicted molar refractivity (Wildman–Crippen MR) is 142 cm³/mol. The SMILES string of the molecule is COc1cc(S(=O)(=O)CCOS(=O)(=O)O)c(OC)cc1N=NC(C(C)=O)C(=O)Nc1cc(C)c(S(=O)(=O)[O-])cc1OC.[Na+]. The van der Waals surface area contributed by atoms with Crippen LogP contribution in [0.25, 0.3) is 0 Å². The maximum absolute atomic E-state index is 12.9. The number of aryl methyl sites for hydroxylation is 1. The normalized spacial score (nSPS) is 12.7. The van der Waals surface area contributed by atoms with Crippen molar-refractivity contribution in [2.24, 2.45) is 10.2 Å². The summed E-state index contributed by atoms with van der Waals surface area (Å²) in [5, 5.41) is 9.97. The van der Waals surface area contributed by atoms with Crippen molar-refractivity contribution in [3.8, 4) is 17.2 Å². The summed E-state index contributed by atoms with van der Waals surface area (Å²) in [6.45, 7) is 1.46. The zero-order valence-corrected chi connectivity index (χ0v) is 28.1. The average molecular weight is 676 g/mol. The van der Waals surface area contributed by atoms with E-state index in [-0.39, 0.29) is 63.7 Å². The summed E-state index contributed by atoms with van der Waals surface area (Å²) in [6, 6.07) is 2.37. The van der Waals surface area contributed by atoms with Gasteiger partial charge in [0.2, 0.25) is 6.04 Å². The van der Waals surface area contributed by atoms with E-state index in [0.717, 1.165) is 52.5 Å². The monoisotopic (exact) mass is 675 g/mol. The summed E-state index contributed by atoms with van der Waals surface area (Å²) in [7, 11) is -10.5. The number of nitrogens with zero attached hydrogens (tertiary/aromatic N) is 2. The molecule has 0 bridgehead atoms. The number of carbonyl (C=O) groups excluding carboxylic acids is 2. The van der Waals surface area contributed by atoms with Crippen LogP contribution >= 0.6 is 0 Å². The molecule has 0 aromatic heterocycles. The van der Waals surface area contributed by atoms with Gasteiger partial charge in [0, 0.05) is 18.2 Å². The van der Waals surface area contributed by atoms with Gasteiger partial charge < -0.3 is 24.1 Å². The number of carbonyl (C=O) groups is 2. The van der Waals surface area contributed by atoms with Crippen LogP contribution in [0.3, 0.4) is 0 Å². The van der Waals surface area contributed by atoms with Crippen LogP contribution in [0.1, 0.15) is 12.5 Å². The first-order valence-corrected chi connectivity index (χ1v) is 15.7. The van der Waals surface area contributed by atoms with Crippen molar-refractivity contribution < 1.29 is 91.9 Å². The van der Waals surface area contributed by atoms with Crippen LogP contribution < -0.4 is 49.1 Å².